The van der Waals surface area contributed by atoms with Crippen LogP contribution in [-0.2, 0) is 19.2 Å². The van der Waals surface area contributed by atoms with Crippen molar-refractivity contribution in [3.05, 3.63) is 23.8 Å². The first-order valence-corrected chi connectivity index (χ1v) is 11.4. The third-order valence-electron chi connectivity index (χ3n) is 3.63. The Morgan fingerprint density at radius 1 is 1.06 bits per heavy atom. The summed E-state index contributed by atoms with van der Waals surface area (Å²) in [6.45, 7) is 2.26. The number of aromatic nitrogens is 3. The van der Waals surface area contributed by atoms with E-state index >= 15 is 0 Å². The number of nitrogens with zero attached hydrogens (tertiary/aromatic N) is 3. The minimum atomic E-state index is -4.40. The van der Waals surface area contributed by atoms with Crippen LogP contribution in [0.25, 0.3) is 0 Å². The van der Waals surface area contributed by atoms with Gasteiger partial charge in [-0.3, -0.25) is 0 Å². The zero-order chi connectivity index (χ0) is 23.4. The number of anilines is 4. The van der Waals surface area contributed by atoms with Gasteiger partial charge in [0.25, 0.3) is 0 Å². The predicted molar refractivity (Wildman–Crippen MR) is 114 cm³/mol. The normalized spacial score (nSPS) is 10.6. The first-order chi connectivity index (χ1) is 15.3. The number of aryl methyl sites for hydroxylation is 1. The molecule has 2 aromatic rings. The molecule has 1 aromatic heterocycles. The van der Waals surface area contributed by atoms with Crippen LogP contribution in [-0.4, -0.2) is 76.2 Å². The van der Waals surface area contributed by atoms with Gasteiger partial charge in [-0.05, 0) is 30.9 Å². The van der Waals surface area contributed by atoms with E-state index in [1.54, 1.807) is 25.1 Å². The van der Waals surface area contributed by atoms with Crippen molar-refractivity contribution < 1.29 is 95.7 Å². The first-order valence-electron chi connectivity index (χ1n) is 9.17. The van der Waals surface area contributed by atoms with Gasteiger partial charge in [0.15, 0.2) is 5.75 Å². The summed E-state index contributed by atoms with van der Waals surface area (Å²) in [5.74, 6) is -0.0712. The van der Waals surface area contributed by atoms with Gasteiger partial charge in [-0.2, -0.15) is 15.0 Å². The Morgan fingerprint density at radius 2 is 1.71 bits per heavy atom. The average molecular weight is 537 g/mol. The van der Waals surface area contributed by atoms with Gasteiger partial charge in [-0.25, -0.2) is 8.42 Å². The Morgan fingerprint density at radius 3 is 2.32 bits per heavy atom. The Balaban J connectivity index is 0.00000544. The van der Waals surface area contributed by atoms with Crippen LogP contribution in [0.5, 0.6) is 5.75 Å². The third-order valence-corrected chi connectivity index (χ3v) is 4.46. The molecule has 178 valence electrons. The topological polar surface area (TPSA) is 203 Å². The van der Waals surface area contributed by atoms with Crippen LogP contribution in [0.3, 0.4) is 0 Å². The molecule has 0 amide bonds. The molecular formula is C16H22N6Na2O8S2. The molecule has 0 radical (unpaired) electrons. The quantitative estimate of drug-likeness (QED) is 0.0418. The minimum Gasteiger partial charge on any atom is -0.773 e. The smallest absolute Gasteiger partial charge is 0.773 e. The molecule has 0 aliphatic rings. The van der Waals surface area contributed by atoms with E-state index in [-0.39, 0.29) is 116 Å². The van der Waals surface area contributed by atoms with Gasteiger partial charge in [0, 0.05) is 24.8 Å². The Hall–Kier alpha value is -0.470. The number of ether oxygens (including phenoxy) is 1. The summed E-state index contributed by atoms with van der Waals surface area (Å²) in [5, 5.41) is 17.2. The Bertz CT molecular complexity index is 977. The Labute approximate surface area is 245 Å². The van der Waals surface area contributed by atoms with E-state index in [2.05, 4.69) is 35.2 Å². The maximum atomic E-state index is 10.8. The van der Waals surface area contributed by atoms with Crippen molar-refractivity contribution in [2.75, 3.05) is 54.6 Å². The second-order valence-electron chi connectivity index (χ2n) is 6.08. The van der Waals surface area contributed by atoms with Crippen LogP contribution in [0.4, 0.5) is 23.5 Å². The maximum absolute atomic E-state index is 10.8. The molecule has 0 unspecified atom stereocenters. The predicted octanol–water partition coefficient (Wildman–Crippen LogP) is -5.60. The number of aliphatic hydroxyl groups excluding tert-OH is 1. The van der Waals surface area contributed by atoms with Crippen LogP contribution in [0.2, 0.25) is 0 Å². The fraction of sp³-hybridized carbons (Fsp3) is 0.438. The monoisotopic (exact) mass is 536 g/mol. The van der Waals surface area contributed by atoms with Crippen molar-refractivity contribution in [3.63, 3.8) is 0 Å². The van der Waals surface area contributed by atoms with E-state index in [1.807, 2.05) is 0 Å². The molecule has 18 heteroatoms. The Kier molecular flexibility index (Phi) is 17.6. The standard InChI is InChI=1S/C16H24N6O8S2.2Na/c1-11-2-3-12(10-13(11)29-30-31-24)19-16-21-14(17-4-7-28-8-6-23)20-15(22-16)18-5-9-32(25,26)27;;/h2-3,10,23-24H,4-9H2,1H3,(H,25,26,27)(H3,17,18,19,20,21,22);;/q;2*+1/p-2. The molecular weight excluding hydrogens is 514 g/mol. The van der Waals surface area contributed by atoms with Gasteiger partial charge in [-0.15, -0.1) is 4.33 Å². The van der Waals surface area contributed by atoms with Crippen molar-refractivity contribution in [2.24, 2.45) is 0 Å². The summed E-state index contributed by atoms with van der Waals surface area (Å²) in [6, 6.07) is 4.99. The zero-order valence-corrected chi connectivity index (χ0v) is 24.6. The molecule has 0 spiro atoms. The summed E-state index contributed by atoms with van der Waals surface area (Å²) in [4.78, 5) is 17.4. The van der Waals surface area contributed by atoms with Crippen molar-refractivity contribution in [1.82, 2.24) is 15.0 Å². The van der Waals surface area contributed by atoms with E-state index in [0.29, 0.717) is 23.5 Å². The zero-order valence-electron chi connectivity index (χ0n) is 18.9. The molecule has 0 fully saturated rings. The summed E-state index contributed by atoms with van der Waals surface area (Å²) >= 11 is -0.191. The molecule has 0 bridgehead atoms. The first kappa shape index (κ1) is 33.5. The number of hydrogen-bond donors (Lipinski definition) is 4. The molecule has 2 rings (SSSR count). The fourth-order valence-electron chi connectivity index (χ4n) is 2.23. The van der Waals surface area contributed by atoms with E-state index in [9.17, 15) is 17.5 Å². The summed E-state index contributed by atoms with van der Waals surface area (Å²) in [7, 11) is -4.40. The second kappa shape index (κ2) is 17.9. The van der Waals surface area contributed by atoms with Gasteiger partial charge in [0.1, 0.15) is 0 Å². The molecule has 1 heterocycles. The molecule has 0 aliphatic heterocycles. The van der Waals surface area contributed by atoms with Gasteiger partial charge in [-0.1, -0.05) is 6.07 Å². The van der Waals surface area contributed by atoms with Crippen LogP contribution in [0.1, 0.15) is 5.56 Å². The molecule has 0 atom stereocenters. The number of benzene rings is 1. The van der Waals surface area contributed by atoms with Gasteiger partial charge < -0.3 is 39.8 Å². The molecule has 0 saturated carbocycles. The number of aliphatic hydroxyl groups is 1. The minimum absolute atomic E-state index is 0. The maximum Gasteiger partial charge on any atom is 1.00 e. The van der Waals surface area contributed by atoms with Crippen LogP contribution in [0.15, 0.2) is 18.2 Å². The van der Waals surface area contributed by atoms with Crippen molar-refractivity contribution in [1.29, 1.82) is 0 Å². The molecule has 14 nitrogen and oxygen atoms in total. The third kappa shape index (κ3) is 13.6. The second-order valence-corrected chi connectivity index (χ2v) is 7.88. The van der Waals surface area contributed by atoms with Crippen molar-refractivity contribution >= 4 is 46.0 Å². The van der Waals surface area contributed by atoms with E-state index in [1.165, 1.54) is 0 Å². The van der Waals surface area contributed by atoms with Gasteiger partial charge in [0.05, 0.1) is 35.7 Å². The van der Waals surface area contributed by atoms with Crippen LogP contribution >= 0.6 is 12.3 Å². The summed E-state index contributed by atoms with van der Waals surface area (Å²) in [6.07, 6.45) is 0. The van der Waals surface area contributed by atoms with Crippen molar-refractivity contribution in [2.45, 2.75) is 6.92 Å². The number of hydrogen-bond acceptors (Lipinski definition) is 15. The fourth-order valence-corrected chi connectivity index (χ4v) is 2.68. The molecule has 0 saturated heterocycles. The van der Waals surface area contributed by atoms with Gasteiger partial charge in [0.2, 0.25) is 17.8 Å². The summed E-state index contributed by atoms with van der Waals surface area (Å²) in [5.41, 5.74) is 1.22. The van der Waals surface area contributed by atoms with E-state index < -0.39 is 15.9 Å². The molecule has 34 heavy (non-hydrogen) atoms. The van der Waals surface area contributed by atoms with E-state index in [0.717, 1.165) is 0 Å². The molecule has 4 N–H and O–H groups in total. The van der Waals surface area contributed by atoms with E-state index in [4.69, 9.17) is 14.7 Å². The number of nitrogens with one attached hydrogen (secondary N) is 3. The van der Waals surface area contributed by atoms with Crippen LogP contribution < -0.4 is 80.0 Å². The van der Waals surface area contributed by atoms with Gasteiger partial charge >= 0.3 is 59.1 Å². The van der Waals surface area contributed by atoms with Crippen LogP contribution in [0, 0.1) is 6.92 Å². The SMILES string of the molecule is Cc1ccc(Nc2nc(NCCOCCO)nc(NCCS(=O)(=O)[O-])n2)cc1OOS[O-].[Na+].[Na+]. The largest absolute Gasteiger partial charge is 1.00 e. The average Bonchev–Trinajstić information content (AvgIpc) is 2.73. The summed E-state index contributed by atoms with van der Waals surface area (Å²) < 4.78 is 52.3. The number of rotatable bonds is 15. The molecule has 1 aromatic carbocycles. The van der Waals surface area contributed by atoms with Crippen molar-refractivity contribution in [3.8, 4) is 5.75 Å². The molecule has 0 aliphatic carbocycles.